The first-order valence-electron chi connectivity index (χ1n) is 5.89. The van der Waals surface area contributed by atoms with Crippen LogP contribution in [0.3, 0.4) is 0 Å². The van der Waals surface area contributed by atoms with E-state index >= 15 is 0 Å². The maximum Gasteiger partial charge on any atom is 0.418 e. The molecule has 1 aromatic heterocycles. The van der Waals surface area contributed by atoms with Gasteiger partial charge in [0.05, 0.1) is 11.3 Å². The summed E-state index contributed by atoms with van der Waals surface area (Å²) in [6.07, 6.45) is -1.50. The van der Waals surface area contributed by atoms with Gasteiger partial charge >= 0.3 is 12.2 Å². The highest BCUT2D eigenvalue weighted by Crippen LogP contribution is 2.34. The van der Waals surface area contributed by atoms with E-state index in [0.717, 1.165) is 11.6 Å². The van der Waals surface area contributed by atoms with Gasteiger partial charge in [0.1, 0.15) is 0 Å². The summed E-state index contributed by atoms with van der Waals surface area (Å²) in [4.78, 5) is 11.6. The minimum absolute atomic E-state index is 0.286. The molecule has 0 unspecified atom stereocenters. The second-order valence-electron chi connectivity index (χ2n) is 4.03. The second-order valence-corrected chi connectivity index (χ2v) is 4.81. The van der Waals surface area contributed by atoms with Crippen molar-refractivity contribution in [3.63, 3.8) is 0 Å². The molecule has 3 nitrogen and oxygen atoms in total. The van der Waals surface area contributed by atoms with E-state index in [9.17, 15) is 18.0 Å². The Bertz CT molecular complexity index is 636. The average molecular weight is 312 g/mol. The molecule has 0 atom stereocenters. The molecule has 7 heteroatoms. The number of nitrogens with one attached hydrogen (secondary N) is 2. The van der Waals surface area contributed by atoms with Crippen LogP contribution in [0.5, 0.6) is 0 Å². The molecule has 0 aliphatic heterocycles. The van der Waals surface area contributed by atoms with Gasteiger partial charge in [0.25, 0.3) is 0 Å². The Morgan fingerprint density at radius 1 is 1.19 bits per heavy atom. The number of halogens is 3. The Morgan fingerprint density at radius 3 is 2.62 bits per heavy atom. The largest absolute Gasteiger partial charge is 0.418 e. The molecule has 0 aliphatic rings. The summed E-state index contributed by atoms with van der Waals surface area (Å²) in [6, 6.07) is 5.91. The van der Waals surface area contributed by atoms with Gasteiger partial charge in [-0.1, -0.05) is 12.1 Å². The zero-order valence-corrected chi connectivity index (χ0v) is 11.5. The number of urea groups is 1. The molecule has 0 spiro atoms. The van der Waals surface area contributed by atoms with Crippen molar-refractivity contribution in [2.45, 2.75) is 6.18 Å². The van der Waals surface area contributed by atoms with Crippen molar-refractivity contribution in [3.05, 3.63) is 58.4 Å². The third-order valence-electron chi connectivity index (χ3n) is 2.51. The summed E-state index contributed by atoms with van der Waals surface area (Å²) < 4.78 is 38.3. The molecular formula is C14H11F3N2OS. The Balaban J connectivity index is 2.00. The normalized spacial score (nSPS) is 11.6. The fourth-order valence-corrected chi connectivity index (χ4v) is 2.21. The molecule has 0 radical (unpaired) electrons. The highest BCUT2D eigenvalue weighted by Gasteiger charge is 2.33. The van der Waals surface area contributed by atoms with Crippen LogP contribution >= 0.6 is 11.3 Å². The molecule has 2 N–H and O–H groups in total. The molecule has 2 aromatic rings. The monoisotopic (exact) mass is 312 g/mol. The number of para-hydroxylation sites is 1. The van der Waals surface area contributed by atoms with E-state index in [2.05, 4.69) is 10.6 Å². The van der Waals surface area contributed by atoms with E-state index in [4.69, 9.17) is 0 Å². The average Bonchev–Trinajstić information content (AvgIpc) is 2.91. The number of hydrogen-bond acceptors (Lipinski definition) is 2. The molecule has 2 amide bonds. The highest BCUT2D eigenvalue weighted by atomic mass is 32.1. The quantitative estimate of drug-likeness (QED) is 0.857. The van der Waals surface area contributed by atoms with Gasteiger partial charge in [-0.2, -0.15) is 24.5 Å². The zero-order chi connectivity index (χ0) is 15.3. The fraction of sp³-hybridized carbons (Fsp3) is 0.0714. The van der Waals surface area contributed by atoms with Gasteiger partial charge in [-0.3, -0.25) is 0 Å². The number of carbonyl (C=O) groups excluding carboxylic acids is 1. The van der Waals surface area contributed by atoms with Gasteiger partial charge in [0.2, 0.25) is 0 Å². The molecular weight excluding hydrogens is 301 g/mol. The summed E-state index contributed by atoms with van der Waals surface area (Å²) in [7, 11) is 0. The van der Waals surface area contributed by atoms with Gasteiger partial charge < -0.3 is 10.6 Å². The van der Waals surface area contributed by atoms with E-state index in [0.29, 0.717) is 0 Å². The topological polar surface area (TPSA) is 41.1 Å². The number of thiophene rings is 1. The van der Waals surface area contributed by atoms with Gasteiger partial charge in [-0.25, -0.2) is 4.79 Å². The first-order valence-corrected chi connectivity index (χ1v) is 6.83. The standard InChI is InChI=1S/C14H11F3N2OS/c15-14(16,17)11-3-1-2-4-12(11)19-13(20)18-7-5-10-6-8-21-9-10/h1-9H,(H2,18,19,20). The first-order chi connectivity index (χ1) is 9.97. The zero-order valence-electron chi connectivity index (χ0n) is 10.6. The number of amides is 2. The van der Waals surface area contributed by atoms with Crippen LogP contribution in [0.4, 0.5) is 23.7 Å². The van der Waals surface area contributed by atoms with Crippen LogP contribution in [-0.2, 0) is 6.18 Å². The smallest absolute Gasteiger partial charge is 0.314 e. The number of hydrogen-bond donors (Lipinski definition) is 2. The van der Waals surface area contributed by atoms with Crippen LogP contribution in [0.2, 0.25) is 0 Å². The number of alkyl halides is 3. The third kappa shape index (κ3) is 4.35. The van der Waals surface area contributed by atoms with Crippen LogP contribution in [-0.4, -0.2) is 6.03 Å². The van der Waals surface area contributed by atoms with Crippen molar-refractivity contribution >= 4 is 29.1 Å². The van der Waals surface area contributed by atoms with Crippen molar-refractivity contribution in [1.82, 2.24) is 5.32 Å². The summed E-state index contributed by atoms with van der Waals surface area (Å²) in [5, 5.41) is 8.28. The molecule has 21 heavy (non-hydrogen) atoms. The van der Waals surface area contributed by atoms with Crippen LogP contribution in [0.25, 0.3) is 6.08 Å². The lowest BCUT2D eigenvalue weighted by atomic mass is 10.1. The van der Waals surface area contributed by atoms with Gasteiger partial charge in [0.15, 0.2) is 0 Å². The molecule has 0 saturated heterocycles. The van der Waals surface area contributed by atoms with Crippen LogP contribution in [0, 0.1) is 0 Å². The Kier molecular flexibility index (Phi) is 4.64. The lowest BCUT2D eigenvalue weighted by Crippen LogP contribution is -2.25. The van der Waals surface area contributed by atoms with Gasteiger partial charge in [-0.15, -0.1) is 0 Å². The van der Waals surface area contributed by atoms with E-state index in [1.165, 1.54) is 35.7 Å². The van der Waals surface area contributed by atoms with E-state index < -0.39 is 17.8 Å². The SMILES string of the molecule is O=C(NC=Cc1ccsc1)Nc1ccccc1C(F)(F)F. The number of benzene rings is 1. The summed E-state index contributed by atoms with van der Waals surface area (Å²) in [5.74, 6) is 0. The summed E-state index contributed by atoms with van der Waals surface area (Å²) in [5.41, 5.74) is -0.274. The summed E-state index contributed by atoms with van der Waals surface area (Å²) in [6.45, 7) is 0. The number of anilines is 1. The minimum atomic E-state index is -4.52. The predicted octanol–water partition coefficient (Wildman–Crippen LogP) is 4.56. The van der Waals surface area contributed by atoms with Crippen molar-refractivity contribution in [2.24, 2.45) is 0 Å². The molecule has 0 aliphatic carbocycles. The third-order valence-corrected chi connectivity index (χ3v) is 3.22. The predicted molar refractivity (Wildman–Crippen MR) is 77.0 cm³/mol. The molecule has 1 heterocycles. The minimum Gasteiger partial charge on any atom is -0.314 e. The van der Waals surface area contributed by atoms with E-state index in [-0.39, 0.29) is 5.69 Å². The molecule has 0 saturated carbocycles. The lowest BCUT2D eigenvalue weighted by Gasteiger charge is -2.13. The molecule has 0 fully saturated rings. The molecule has 2 rings (SSSR count). The van der Waals surface area contributed by atoms with E-state index in [1.54, 1.807) is 6.08 Å². The molecule has 0 bridgehead atoms. The maximum absolute atomic E-state index is 12.8. The Morgan fingerprint density at radius 2 is 1.95 bits per heavy atom. The van der Waals surface area contributed by atoms with E-state index in [1.807, 2.05) is 16.8 Å². The maximum atomic E-state index is 12.8. The Hall–Kier alpha value is -2.28. The first kappa shape index (κ1) is 15.1. The molecule has 110 valence electrons. The molecule has 1 aromatic carbocycles. The lowest BCUT2D eigenvalue weighted by molar-refractivity contribution is -0.136. The number of rotatable bonds is 3. The van der Waals surface area contributed by atoms with Crippen molar-refractivity contribution < 1.29 is 18.0 Å². The van der Waals surface area contributed by atoms with Crippen LogP contribution in [0.1, 0.15) is 11.1 Å². The van der Waals surface area contributed by atoms with Crippen molar-refractivity contribution in [3.8, 4) is 0 Å². The summed E-state index contributed by atoms with van der Waals surface area (Å²) >= 11 is 1.50. The van der Waals surface area contributed by atoms with Crippen molar-refractivity contribution in [1.29, 1.82) is 0 Å². The number of carbonyl (C=O) groups is 1. The van der Waals surface area contributed by atoms with Gasteiger partial charge in [0, 0.05) is 6.20 Å². The Labute approximate surface area is 123 Å². The van der Waals surface area contributed by atoms with Crippen molar-refractivity contribution in [2.75, 3.05) is 5.32 Å². The fourth-order valence-electron chi connectivity index (χ4n) is 1.58. The highest BCUT2D eigenvalue weighted by molar-refractivity contribution is 7.08. The van der Waals surface area contributed by atoms with Gasteiger partial charge in [-0.05, 0) is 40.6 Å². The second kappa shape index (κ2) is 6.45. The van der Waals surface area contributed by atoms with Crippen LogP contribution < -0.4 is 10.6 Å². The van der Waals surface area contributed by atoms with Crippen LogP contribution in [0.15, 0.2) is 47.3 Å².